The Morgan fingerprint density at radius 1 is 1.12 bits per heavy atom. The first-order chi connectivity index (χ1) is 16.0. The van der Waals surface area contributed by atoms with E-state index in [0.29, 0.717) is 12.1 Å². The van der Waals surface area contributed by atoms with E-state index in [0.717, 1.165) is 67.2 Å². The fourth-order valence-corrected chi connectivity index (χ4v) is 5.38. The molecule has 2 atom stereocenters. The molecule has 9 heteroatoms. The van der Waals surface area contributed by atoms with Crippen LogP contribution in [0.4, 0.5) is 10.5 Å². The van der Waals surface area contributed by atoms with E-state index < -0.39 is 17.5 Å². The Morgan fingerprint density at radius 3 is 2.73 bits per heavy atom. The Kier molecular flexibility index (Phi) is 5.64. The number of carbonyl (C=O) groups is 3. The van der Waals surface area contributed by atoms with E-state index in [4.69, 9.17) is 0 Å². The lowest BCUT2D eigenvalue weighted by Gasteiger charge is -2.36. The summed E-state index contributed by atoms with van der Waals surface area (Å²) in [4.78, 5) is 39.3. The van der Waals surface area contributed by atoms with Gasteiger partial charge in [-0.05, 0) is 55.9 Å². The van der Waals surface area contributed by atoms with Gasteiger partial charge in [-0.15, -0.1) is 10.2 Å². The Bertz CT molecular complexity index is 1080. The summed E-state index contributed by atoms with van der Waals surface area (Å²) in [5, 5.41) is 14.4. The van der Waals surface area contributed by atoms with E-state index in [-0.39, 0.29) is 18.4 Å². The van der Waals surface area contributed by atoms with Gasteiger partial charge in [0.05, 0.1) is 0 Å². The molecule has 0 radical (unpaired) electrons. The molecular formula is C24H30N6O3. The maximum Gasteiger partial charge on any atom is 0.325 e. The number of carbonyl (C=O) groups excluding carboxylic acids is 3. The second-order valence-corrected chi connectivity index (χ2v) is 9.47. The van der Waals surface area contributed by atoms with Crippen molar-refractivity contribution in [3.8, 4) is 11.4 Å². The molecule has 1 saturated heterocycles. The van der Waals surface area contributed by atoms with E-state index in [2.05, 4.69) is 25.4 Å². The Hall–Kier alpha value is -3.23. The molecule has 2 N–H and O–H groups in total. The highest BCUT2D eigenvalue weighted by Gasteiger charge is 2.55. The summed E-state index contributed by atoms with van der Waals surface area (Å²) in [6, 6.07) is 6.95. The SMILES string of the molecule is C[C@@H]1CCCC[C@]12NC(=O)N(CC(=O)Nc1ccc(-c3nnc4n3CCCCC4)cc1)C2=O. The highest BCUT2D eigenvalue weighted by atomic mass is 16.2. The summed E-state index contributed by atoms with van der Waals surface area (Å²) in [5.74, 6) is 1.26. The van der Waals surface area contributed by atoms with Crippen LogP contribution in [-0.2, 0) is 22.6 Å². The van der Waals surface area contributed by atoms with Crippen LogP contribution in [0, 0.1) is 5.92 Å². The Morgan fingerprint density at radius 2 is 1.94 bits per heavy atom. The van der Waals surface area contributed by atoms with Crippen molar-refractivity contribution in [1.82, 2.24) is 25.0 Å². The molecule has 1 aromatic carbocycles. The summed E-state index contributed by atoms with van der Waals surface area (Å²) >= 11 is 0. The standard InChI is InChI=1S/C24H30N6O3/c1-16-7-4-5-13-24(16)22(32)30(23(33)26-24)15-20(31)25-18-11-9-17(10-12-18)21-28-27-19-8-3-2-6-14-29(19)21/h9-12,16H,2-8,13-15H2,1H3,(H,25,31)(H,26,33)/t16-,24+/m1/s1. The predicted molar refractivity (Wildman–Crippen MR) is 122 cm³/mol. The van der Waals surface area contributed by atoms with Gasteiger partial charge in [-0.2, -0.15) is 0 Å². The lowest BCUT2D eigenvalue weighted by Crippen LogP contribution is -2.54. The molecule has 1 saturated carbocycles. The van der Waals surface area contributed by atoms with Gasteiger partial charge in [0.1, 0.15) is 17.9 Å². The topological polar surface area (TPSA) is 109 Å². The molecule has 33 heavy (non-hydrogen) atoms. The van der Waals surface area contributed by atoms with Crippen LogP contribution in [0.15, 0.2) is 24.3 Å². The third kappa shape index (κ3) is 3.89. The Balaban J connectivity index is 1.24. The number of urea groups is 1. The highest BCUT2D eigenvalue weighted by molar-refractivity contribution is 6.10. The number of aromatic nitrogens is 3. The van der Waals surface area contributed by atoms with Gasteiger partial charge in [0.15, 0.2) is 5.82 Å². The third-order valence-electron chi connectivity index (χ3n) is 7.34. The number of rotatable bonds is 4. The molecule has 0 bridgehead atoms. The van der Waals surface area contributed by atoms with Crippen LogP contribution in [0.3, 0.4) is 0 Å². The zero-order valence-electron chi connectivity index (χ0n) is 19.0. The number of imide groups is 1. The van der Waals surface area contributed by atoms with E-state index in [9.17, 15) is 14.4 Å². The van der Waals surface area contributed by atoms with Crippen LogP contribution >= 0.6 is 0 Å². The van der Waals surface area contributed by atoms with E-state index >= 15 is 0 Å². The largest absolute Gasteiger partial charge is 0.325 e. The van der Waals surface area contributed by atoms with Gasteiger partial charge in [-0.25, -0.2) is 4.79 Å². The number of nitrogens with zero attached hydrogens (tertiary/aromatic N) is 4. The van der Waals surface area contributed by atoms with Crippen molar-refractivity contribution in [2.45, 2.75) is 70.4 Å². The highest BCUT2D eigenvalue weighted by Crippen LogP contribution is 2.38. The van der Waals surface area contributed by atoms with Gasteiger partial charge < -0.3 is 15.2 Å². The normalized spacial score (nSPS) is 25.0. The maximum atomic E-state index is 13.1. The molecule has 4 amide bonds. The van der Waals surface area contributed by atoms with Crippen LogP contribution in [0.1, 0.15) is 57.7 Å². The van der Waals surface area contributed by atoms with Crippen LogP contribution in [-0.4, -0.2) is 49.6 Å². The van der Waals surface area contributed by atoms with Crippen molar-refractivity contribution < 1.29 is 14.4 Å². The smallest absolute Gasteiger partial charge is 0.325 e. The second kappa shape index (κ2) is 8.61. The van der Waals surface area contributed by atoms with Gasteiger partial charge in [-0.3, -0.25) is 14.5 Å². The fraction of sp³-hybridized carbons (Fsp3) is 0.542. The fourth-order valence-electron chi connectivity index (χ4n) is 5.38. The van der Waals surface area contributed by atoms with Crippen LogP contribution in [0.2, 0.25) is 0 Å². The molecule has 174 valence electrons. The molecule has 1 aliphatic carbocycles. The number of hydrogen-bond donors (Lipinski definition) is 2. The molecule has 3 aliphatic rings. The third-order valence-corrected chi connectivity index (χ3v) is 7.34. The van der Waals surface area contributed by atoms with Crippen LogP contribution in [0.5, 0.6) is 0 Å². The number of fused-ring (bicyclic) bond motifs is 1. The number of anilines is 1. The molecule has 2 aliphatic heterocycles. The lowest BCUT2D eigenvalue weighted by atomic mass is 9.73. The van der Waals surface area contributed by atoms with Crippen molar-refractivity contribution in [3.05, 3.63) is 30.1 Å². The lowest BCUT2D eigenvalue weighted by molar-refractivity contribution is -0.136. The van der Waals surface area contributed by atoms with Gasteiger partial charge in [0.25, 0.3) is 5.91 Å². The molecular weight excluding hydrogens is 420 g/mol. The molecule has 2 aromatic rings. The minimum absolute atomic E-state index is 0.0653. The monoisotopic (exact) mass is 450 g/mol. The first-order valence-electron chi connectivity index (χ1n) is 11.9. The molecule has 5 rings (SSSR count). The molecule has 0 unspecified atom stereocenters. The number of benzene rings is 1. The minimum Gasteiger partial charge on any atom is -0.325 e. The summed E-state index contributed by atoms with van der Waals surface area (Å²) in [5.41, 5.74) is 0.691. The van der Waals surface area contributed by atoms with Crippen molar-refractivity contribution in [2.75, 3.05) is 11.9 Å². The first kappa shape index (κ1) is 21.6. The molecule has 3 heterocycles. The van der Waals surface area contributed by atoms with Gasteiger partial charge >= 0.3 is 6.03 Å². The first-order valence-corrected chi connectivity index (χ1v) is 11.9. The predicted octanol–water partition coefficient (Wildman–Crippen LogP) is 3.11. The molecule has 2 fully saturated rings. The van der Waals surface area contributed by atoms with Gasteiger partial charge in [0.2, 0.25) is 5.91 Å². The quantitative estimate of drug-likeness (QED) is 0.696. The average Bonchev–Trinajstić information content (AvgIpc) is 3.19. The number of nitrogens with one attached hydrogen (secondary N) is 2. The van der Waals surface area contributed by atoms with E-state index in [1.165, 1.54) is 6.42 Å². The zero-order chi connectivity index (χ0) is 23.0. The van der Waals surface area contributed by atoms with Crippen LogP contribution < -0.4 is 10.6 Å². The summed E-state index contributed by atoms with van der Waals surface area (Å²) in [7, 11) is 0. The second-order valence-electron chi connectivity index (χ2n) is 9.47. The minimum atomic E-state index is -0.854. The van der Waals surface area contributed by atoms with Gasteiger partial charge in [0, 0.05) is 24.2 Å². The van der Waals surface area contributed by atoms with E-state index in [1.807, 2.05) is 31.2 Å². The van der Waals surface area contributed by atoms with Crippen molar-refractivity contribution in [2.24, 2.45) is 5.92 Å². The Labute approximate surface area is 192 Å². The van der Waals surface area contributed by atoms with Gasteiger partial charge in [-0.1, -0.05) is 26.2 Å². The van der Waals surface area contributed by atoms with E-state index in [1.54, 1.807) is 0 Å². The van der Waals surface area contributed by atoms with Crippen molar-refractivity contribution in [1.29, 1.82) is 0 Å². The summed E-state index contributed by atoms with van der Waals surface area (Å²) in [6.07, 6.45) is 7.89. The number of amides is 4. The molecule has 1 aromatic heterocycles. The average molecular weight is 451 g/mol. The van der Waals surface area contributed by atoms with Crippen LogP contribution in [0.25, 0.3) is 11.4 Å². The molecule has 9 nitrogen and oxygen atoms in total. The summed E-state index contributed by atoms with van der Waals surface area (Å²) in [6.45, 7) is 2.62. The number of hydrogen-bond acceptors (Lipinski definition) is 5. The molecule has 1 spiro atoms. The zero-order valence-corrected chi connectivity index (χ0v) is 19.0. The van der Waals surface area contributed by atoms with Crippen molar-refractivity contribution in [3.63, 3.8) is 0 Å². The maximum absolute atomic E-state index is 13.1. The number of aryl methyl sites for hydroxylation is 1. The summed E-state index contributed by atoms with van der Waals surface area (Å²) < 4.78 is 2.18. The van der Waals surface area contributed by atoms with Crippen molar-refractivity contribution >= 4 is 23.5 Å².